The van der Waals surface area contributed by atoms with Crippen molar-refractivity contribution in [2.24, 2.45) is 0 Å². The predicted octanol–water partition coefficient (Wildman–Crippen LogP) is 2.89. The fourth-order valence-corrected chi connectivity index (χ4v) is 2.34. The van der Waals surface area contributed by atoms with Crippen LogP contribution >= 0.6 is 15.9 Å². The third-order valence-electron chi connectivity index (χ3n) is 2.96. The Kier molecular flexibility index (Phi) is 6.45. The number of hydrogen-bond acceptors (Lipinski definition) is 2. The van der Waals surface area contributed by atoms with E-state index in [1.165, 1.54) is 6.07 Å². The number of amides is 1. The number of rotatable bonds is 6. The molecule has 0 saturated heterocycles. The first-order valence-electron chi connectivity index (χ1n) is 6.38. The average molecular weight is 331 g/mol. The molecule has 0 aliphatic carbocycles. The van der Waals surface area contributed by atoms with Crippen molar-refractivity contribution in [3.63, 3.8) is 0 Å². The molecule has 0 atom stereocenters. The van der Waals surface area contributed by atoms with E-state index < -0.39 is 0 Å². The van der Waals surface area contributed by atoms with Crippen LogP contribution < -0.4 is 0 Å². The summed E-state index contributed by atoms with van der Waals surface area (Å²) in [4.78, 5) is 15.7. The third-order valence-corrected chi connectivity index (χ3v) is 3.57. The summed E-state index contributed by atoms with van der Waals surface area (Å²) in [5.41, 5.74) is 0.975. The first-order valence-corrected chi connectivity index (χ1v) is 7.17. The normalized spacial score (nSPS) is 10.8. The Morgan fingerprint density at radius 2 is 1.95 bits per heavy atom. The molecule has 1 rings (SSSR count). The molecule has 0 radical (unpaired) electrons. The average Bonchev–Trinajstić information content (AvgIpc) is 2.35. The van der Waals surface area contributed by atoms with E-state index in [9.17, 15) is 9.18 Å². The van der Waals surface area contributed by atoms with Gasteiger partial charge in [-0.3, -0.25) is 9.69 Å². The minimum atomic E-state index is -0.273. The maximum absolute atomic E-state index is 13.1. The van der Waals surface area contributed by atoms with Crippen molar-refractivity contribution in [3.05, 3.63) is 34.1 Å². The monoisotopic (exact) mass is 330 g/mol. The molecule has 0 heterocycles. The molecule has 0 saturated carbocycles. The number of halogens is 2. The zero-order valence-corrected chi connectivity index (χ0v) is 13.2. The highest BCUT2D eigenvalue weighted by atomic mass is 79.9. The molecule has 1 aromatic rings. The van der Waals surface area contributed by atoms with Crippen molar-refractivity contribution >= 4 is 21.8 Å². The fraction of sp³-hybridized carbons (Fsp3) is 0.500. The molecule has 0 bridgehead atoms. The van der Waals surface area contributed by atoms with Gasteiger partial charge in [0, 0.05) is 19.6 Å². The van der Waals surface area contributed by atoms with Crippen molar-refractivity contribution in [2.45, 2.75) is 20.4 Å². The molecule has 0 N–H and O–H groups in total. The molecule has 1 aromatic carbocycles. The van der Waals surface area contributed by atoms with Gasteiger partial charge in [0.2, 0.25) is 5.91 Å². The van der Waals surface area contributed by atoms with Crippen LogP contribution in [0.4, 0.5) is 4.39 Å². The Morgan fingerprint density at radius 3 is 2.47 bits per heavy atom. The lowest BCUT2D eigenvalue weighted by Gasteiger charge is -2.23. The number of hydrogen-bond donors (Lipinski definition) is 0. The van der Waals surface area contributed by atoms with Crippen molar-refractivity contribution < 1.29 is 9.18 Å². The first-order chi connectivity index (χ1) is 8.97. The van der Waals surface area contributed by atoms with E-state index in [1.54, 1.807) is 17.0 Å². The zero-order chi connectivity index (χ0) is 14.4. The molecule has 3 nitrogen and oxygen atoms in total. The van der Waals surface area contributed by atoms with Gasteiger partial charge in [0.05, 0.1) is 11.0 Å². The van der Waals surface area contributed by atoms with Gasteiger partial charge in [-0.2, -0.15) is 0 Å². The van der Waals surface area contributed by atoms with Crippen LogP contribution in [0.2, 0.25) is 0 Å². The summed E-state index contributed by atoms with van der Waals surface area (Å²) in [6, 6.07) is 4.91. The van der Waals surface area contributed by atoms with Crippen LogP contribution in [0.3, 0.4) is 0 Å². The zero-order valence-electron chi connectivity index (χ0n) is 11.6. The van der Waals surface area contributed by atoms with E-state index in [1.807, 2.05) is 25.8 Å². The molecule has 0 aliphatic heterocycles. The van der Waals surface area contributed by atoms with Gasteiger partial charge >= 0.3 is 0 Å². The molecule has 19 heavy (non-hydrogen) atoms. The van der Waals surface area contributed by atoms with Gasteiger partial charge < -0.3 is 4.90 Å². The number of benzene rings is 1. The molecule has 1 amide bonds. The molecule has 0 aliphatic rings. The fourth-order valence-electron chi connectivity index (χ4n) is 1.91. The second kappa shape index (κ2) is 7.60. The Labute approximate surface area is 122 Å². The Balaban J connectivity index is 2.57. The van der Waals surface area contributed by atoms with Crippen LogP contribution in [0.15, 0.2) is 22.7 Å². The van der Waals surface area contributed by atoms with Crippen molar-refractivity contribution in [1.29, 1.82) is 0 Å². The topological polar surface area (TPSA) is 23.6 Å². The highest BCUT2D eigenvalue weighted by Crippen LogP contribution is 2.17. The molecular weight excluding hydrogens is 311 g/mol. The van der Waals surface area contributed by atoms with Gasteiger partial charge in [0.15, 0.2) is 0 Å². The van der Waals surface area contributed by atoms with E-state index >= 15 is 0 Å². The minimum absolute atomic E-state index is 0.119. The lowest BCUT2D eigenvalue weighted by Crippen LogP contribution is -2.38. The van der Waals surface area contributed by atoms with Gasteiger partial charge in [-0.1, -0.05) is 6.07 Å². The number of carbonyl (C=O) groups excluding carboxylic acids is 1. The van der Waals surface area contributed by atoms with E-state index in [4.69, 9.17) is 0 Å². The molecule has 0 unspecified atom stereocenters. The van der Waals surface area contributed by atoms with E-state index in [0.717, 1.165) is 18.7 Å². The van der Waals surface area contributed by atoms with Gasteiger partial charge in [0.1, 0.15) is 5.82 Å². The van der Waals surface area contributed by atoms with Crippen LogP contribution in [0.1, 0.15) is 19.4 Å². The second-order valence-corrected chi connectivity index (χ2v) is 5.34. The summed E-state index contributed by atoms with van der Waals surface area (Å²) in [6.45, 7) is 6.38. The van der Waals surface area contributed by atoms with Gasteiger partial charge in [-0.05, 0) is 54.5 Å². The van der Waals surface area contributed by atoms with Gasteiger partial charge in [-0.15, -0.1) is 0 Å². The lowest BCUT2D eigenvalue weighted by molar-refractivity contribution is -0.131. The predicted molar refractivity (Wildman–Crippen MR) is 78.4 cm³/mol. The third kappa shape index (κ3) is 4.91. The van der Waals surface area contributed by atoms with Crippen LogP contribution in [0.5, 0.6) is 0 Å². The molecule has 5 heteroatoms. The molecule has 0 spiro atoms. The summed E-state index contributed by atoms with van der Waals surface area (Å²) in [5, 5.41) is 0. The van der Waals surface area contributed by atoms with Crippen molar-refractivity contribution in [1.82, 2.24) is 9.80 Å². The summed E-state index contributed by atoms with van der Waals surface area (Å²) in [5.74, 6) is -0.153. The van der Waals surface area contributed by atoms with Crippen LogP contribution in [0.25, 0.3) is 0 Å². The maximum atomic E-state index is 13.1. The smallest absolute Gasteiger partial charge is 0.236 e. The number of nitrogens with zero attached hydrogens (tertiary/aromatic N) is 2. The number of likely N-dealkylation sites (N-methyl/N-ethyl adjacent to an activating group) is 2. The Bertz CT molecular complexity index is 435. The van der Waals surface area contributed by atoms with E-state index in [2.05, 4.69) is 15.9 Å². The summed E-state index contributed by atoms with van der Waals surface area (Å²) >= 11 is 3.16. The Morgan fingerprint density at radius 1 is 1.32 bits per heavy atom. The van der Waals surface area contributed by atoms with Crippen LogP contribution in [-0.4, -0.2) is 42.4 Å². The Hall–Kier alpha value is -0.940. The summed E-state index contributed by atoms with van der Waals surface area (Å²) < 4.78 is 13.6. The van der Waals surface area contributed by atoms with Crippen molar-refractivity contribution in [2.75, 3.05) is 26.7 Å². The number of carbonyl (C=O) groups is 1. The molecule has 0 fully saturated rings. The van der Waals surface area contributed by atoms with E-state index in [-0.39, 0.29) is 11.7 Å². The largest absolute Gasteiger partial charge is 0.342 e. The summed E-state index contributed by atoms with van der Waals surface area (Å²) in [6.07, 6.45) is 0. The van der Waals surface area contributed by atoms with E-state index in [0.29, 0.717) is 17.6 Å². The maximum Gasteiger partial charge on any atom is 0.236 e. The summed E-state index contributed by atoms with van der Waals surface area (Å²) in [7, 11) is 1.89. The lowest BCUT2D eigenvalue weighted by atomic mass is 10.2. The van der Waals surface area contributed by atoms with Gasteiger partial charge in [-0.25, -0.2) is 4.39 Å². The highest BCUT2D eigenvalue weighted by molar-refractivity contribution is 9.10. The highest BCUT2D eigenvalue weighted by Gasteiger charge is 2.12. The quantitative estimate of drug-likeness (QED) is 0.800. The second-order valence-electron chi connectivity index (χ2n) is 4.49. The van der Waals surface area contributed by atoms with Crippen molar-refractivity contribution in [3.8, 4) is 0 Å². The molecular formula is C14H20BrFN2O. The van der Waals surface area contributed by atoms with Crippen LogP contribution in [-0.2, 0) is 11.3 Å². The van der Waals surface area contributed by atoms with Gasteiger partial charge in [0.25, 0.3) is 0 Å². The minimum Gasteiger partial charge on any atom is -0.342 e. The SMILES string of the molecule is CCN(CC)C(=O)CN(C)Cc1ccc(F)c(Br)c1. The first kappa shape index (κ1) is 16.1. The van der Waals surface area contributed by atoms with Crippen LogP contribution in [0, 0.1) is 5.82 Å². The molecule has 106 valence electrons. The molecule has 0 aromatic heterocycles. The standard InChI is InChI=1S/C14H20BrFN2O/c1-4-18(5-2)14(19)10-17(3)9-11-6-7-13(16)12(15)8-11/h6-8H,4-5,9-10H2,1-3H3.